The van der Waals surface area contributed by atoms with Crippen molar-refractivity contribution in [2.75, 3.05) is 32.8 Å². The number of aliphatic imine (C=N–C) groups is 1. The van der Waals surface area contributed by atoms with Gasteiger partial charge in [-0.2, -0.15) is 0 Å². The minimum Gasteiger partial charge on any atom is -0.381 e. The van der Waals surface area contributed by atoms with Crippen molar-refractivity contribution < 1.29 is 4.74 Å². The molecule has 2 saturated heterocycles. The zero-order valence-corrected chi connectivity index (χ0v) is 23.0. The Morgan fingerprint density at radius 1 is 1.06 bits per heavy atom. The number of rotatable bonds is 7. The fraction of sp³-hybridized carbons (Fsp3) is 0.536. The summed E-state index contributed by atoms with van der Waals surface area (Å²) >= 11 is 0. The molecule has 0 amide bonds. The zero-order chi connectivity index (χ0) is 22.9. The van der Waals surface area contributed by atoms with Gasteiger partial charge in [0.05, 0.1) is 6.54 Å². The summed E-state index contributed by atoms with van der Waals surface area (Å²) < 4.78 is 5.70. The van der Waals surface area contributed by atoms with Crippen molar-refractivity contribution in [1.29, 1.82) is 0 Å². The summed E-state index contributed by atoms with van der Waals surface area (Å²) in [6.45, 7) is 9.92. The molecule has 0 aliphatic carbocycles. The molecule has 5 nitrogen and oxygen atoms in total. The maximum atomic E-state index is 5.70. The first kappa shape index (κ1) is 27.0. The van der Waals surface area contributed by atoms with E-state index in [4.69, 9.17) is 9.73 Å². The molecule has 34 heavy (non-hydrogen) atoms. The molecule has 2 N–H and O–H groups in total. The summed E-state index contributed by atoms with van der Waals surface area (Å²) in [6.07, 6.45) is 4.32. The Bertz CT molecular complexity index is 870. The smallest absolute Gasteiger partial charge is 0.191 e. The molecule has 0 saturated carbocycles. The summed E-state index contributed by atoms with van der Waals surface area (Å²) in [7, 11) is 0. The molecule has 6 heteroatoms. The summed E-state index contributed by atoms with van der Waals surface area (Å²) in [5.74, 6) is 0.952. The van der Waals surface area contributed by atoms with Gasteiger partial charge in [0.1, 0.15) is 0 Å². The van der Waals surface area contributed by atoms with Gasteiger partial charge < -0.3 is 15.4 Å². The number of piperidine rings is 1. The minimum atomic E-state index is 0. The van der Waals surface area contributed by atoms with Gasteiger partial charge in [0.2, 0.25) is 0 Å². The maximum Gasteiger partial charge on any atom is 0.191 e. The third-order valence-electron chi connectivity index (χ3n) is 7.30. The first-order valence-corrected chi connectivity index (χ1v) is 12.6. The minimum absolute atomic E-state index is 0. The van der Waals surface area contributed by atoms with E-state index in [0.29, 0.717) is 12.1 Å². The van der Waals surface area contributed by atoms with Gasteiger partial charge >= 0.3 is 0 Å². The van der Waals surface area contributed by atoms with Gasteiger partial charge in [-0.1, -0.05) is 60.7 Å². The Morgan fingerprint density at radius 3 is 2.38 bits per heavy atom. The third kappa shape index (κ3) is 7.18. The predicted octanol–water partition coefficient (Wildman–Crippen LogP) is 4.96. The molecule has 2 aliphatic rings. The molecule has 2 fully saturated rings. The van der Waals surface area contributed by atoms with Crippen LogP contribution in [0.3, 0.4) is 0 Å². The zero-order valence-electron chi connectivity index (χ0n) is 20.7. The van der Waals surface area contributed by atoms with Gasteiger partial charge in [-0.3, -0.25) is 9.89 Å². The molecule has 0 bridgehead atoms. The van der Waals surface area contributed by atoms with Crippen LogP contribution in [-0.2, 0) is 16.7 Å². The lowest BCUT2D eigenvalue weighted by Gasteiger charge is -2.39. The van der Waals surface area contributed by atoms with Crippen LogP contribution in [-0.4, -0.2) is 55.8 Å². The van der Waals surface area contributed by atoms with Gasteiger partial charge in [0.15, 0.2) is 5.96 Å². The highest BCUT2D eigenvalue weighted by atomic mass is 127. The SMILES string of the molecule is CCNC(=NCC1(c2ccccc2)CCOCC1)NC1CCN(Cc2ccccc2)C(C)C1.I. The summed E-state index contributed by atoms with van der Waals surface area (Å²) in [6, 6.07) is 22.7. The maximum absolute atomic E-state index is 5.70. The van der Waals surface area contributed by atoms with Gasteiger partial charge in [0.25, 0.3) is 0 Å². The van der Waals surface area contributed by atoms with Crippen LogP contribution in [0.25, 0.3) is 0 Å². The summed E-state index contributed by atoms with van der Waals surface area (Å²) in [5, 5.41) is 7.26. The molecule has 2 aliphatic heterocycles. The van der Waals surface area contributed by atoms with Gasteiger partial charge in [-0.25, -0.2) is 0 Å². The number of ether oxygens (including phenoxy) is 1. The Morgan fingerprint density at radius 2 is 1.74 bits per heavy atom. The first-order chi connectivity index (χ1) is 16.2. The number of halogens is 1. The Labute approximate surface area is 222 Å². The van der Waals surface area contributed by atoms with E-state index >= 15 is 0 Å². The molecule has 4 rings (SSSR count). The first-order valence-electron chi connectivity index (χ1n) is 12.6. The molecule has 0 spiro atoms. The number of hydrogen-bond acceptors (Lipinski definition) is 3. The normalized spacial score (nSPS) is 23.1. The van der Waals surface area contributed by atoms with E-state index in [1.807, 2.05) is 0 Å². The molecule has 2 aromatic carbocycles. The van der Waals surface area contributed by atoms with Gasteiger partial charge in [-0.05, 0) is 50.7 Å². The fourth-order valence-electron chi connectivity index (χ4n) is 5.24. The number of guanidine groups is 1. The second-order valence-electron chi connectivity index (χ2n) is 9.62. The van der Waals surface area contributed by atoms with E-state index in [2.05, 4.69) is 90.0 Å². The molecule has 2 heterocycles. The number of nitrogens with one attached hydrogen (secondary N) is 2. The summed E-state index contributed by atoms with van der Waals surface area (Å²) in [5.41, 5.74) is 2.85. The quantitative estimate of drug-likeness (QED) is 0.278. The van der Waals surface area contributed by atoms with E-state index in [1.54, 1.807) is 0 Å². The molecule has 2 atom stereocenters. The van der Waals surface area contributed by atoms with E-state index in [1.165, 1.54) is 11.1 Å². The highest BCUT2D eigenvalue weighted by molar-refractivity contribution is 14.0. The highest BCUT2D eigenvalue weighted by Crippen LogP contribution is 2.35. The number of nitrogens with zero attached hydrogens (tertiary/aromatic N) is 2. The van der Waals surface area contributed by atoms with E-state index in [0.717, 1.165) is 71.0 Å². The van der Waals surface area contributed by atoms with Crippen molar-refractivity contribution in [2.45, 2.75) is 63.6 Å². The molecular formula is C28H41IN4O. The van der Waals surface area contributed by atoms with Gasteiger partial charge in [0, 0.05) is 50.3 Å². The van der Waals surface area contributed by atoms with Crippen molar-refractivity contribution in [2.24, 2.45) is 4.99 Å². The Hall–Kier alpha value is -1.64. The van der Waals surface area contributed by atoms with Crippen LogP contribution in [0.5, 0.6) is 0 Å². The summed E-state index contributed by atoms with van der Waals surface area (Å²) in [4.78, 5) is 7.72. The second-order valence-corrected chi connectivity index (χ2v) is 9.62. The Balaban J connectivity index is 0.00000324. The fourth-order valence-corrected chi connectivity index (χ4v) is 5.24. The largest absolute Gasteiger partial charge is 0.381 e. The van der Waals surface area contributed by atoms with Crippen molar-refractivity contribution in [1.82, 2.24) is 15.5 Å². The lowest BCUT2D eigenvalue weighted by Crippen LogP contribution is -2.51. The Kier molecular flexibility index (Phi) is 10.7. The van der Waals surface area contributed by atoms with Gasteiger partial charge in [-0.15, -0.1) is 24.0 Å². The second kappa shape index (κ2) is 13.4. The molecular weight excluding hydrogens is 535 g/mol. The van der Waals surface area contributed by atoms with Crippen LogP contribution in [0.1, 0.15) is 50.7 Å². The number of hydrogen-bond donors (Lipinski definition) is 2. The lowest BCUT2D eigenvalue weighted by molar-refractivity contribution is 0.0531. The van der Waals surface area contributed by atoms with Crippen LogP contribution < -0.4 is 10.6 Å². The van der Waals surface area contributed by atoms with Crippen molar-refractivity contribution >= 4 is 29.9 Å². The topological polar surface area (TPSA) is 48.9 Å². The predicted molar refractivity (Wildman–Crippen MR) is 152 cm³/mol. The molecule has 2 aromatic rings. The van der Waals surface area contributed by atoms with Crippen LogP contribution >= 0.6 is 24.0 Å². The molecule has 0 radical (unpaired) electrons. The van der Waals surface area contributed by atoms with E-state index in [-0.39, 0.29) is 29.4 Å². The average molecular weight is 577 g/mol. The van der Waals surface area contributed by atoms with Crippen LogP contribution in [0.4, 0.5) is 0 Å². The van der Waals surface area contributed by atoms with Crippen molar-refractivity contribution in [3.8, 4) is 0 Å². The van der Waals surface area contributed by atoms with E-state index in [9.17, 15) is 0 Å². The third-order valence-corrected chi connectivity index (χ3v) is 7.30. The molecule has 0 aromatic heterocycles. The standard InChI is InChI=1S/C28H40N4O.HI/c1-3-29-27(30-22-28(15-18-33-19-16-28)25-12-8-5-9-13-25)31-26-14-17-32(23(2)20-26)21-24-10-6-4-7-11-24;/h4-13,23,26H,3,14-22H2,1-2H3,(H2,29,30,31);1H. The van der Waals surface area contributed by atoms with Crippen LogP contribution in [0, 0.1) is 0 Å². The lowest BCUT2D eigenvalue weighted by atomic mass is 9.74. The monoisotopic (exact) mass is 576 g/mol. The number of benzene rings is 2. The number of likely N-dealkylation sites (tertiary alicyclic amines) is 1. The molecule has 2 unspecified atom stereocenters. The average Bonchev–Trinajstić information content (AvgIpc) is 2.86. The van der Waals surface area contributed by atoms with Crippen LogP contribution in [0.2, 0.25) is 0 Å². The van der Waals surface area contributed by atoms with E-state index < -0.39 is 0 Å². The highest BCUT2D eigenvalue weighted by Gasteiger charge is 2.34. The molecule has 186 valence electrons. The van der Waals surface area contributed by atoms with Crippen molar-refractivity contribution in [3.63, 3.8) is 0 Å². The van der Waals surface area contributed by atoms with Crippen molar-refractivity contribution in [3.05, 3.63) is 71.8 Å². The van der Waals surface area contributed by atoms with Crippen LogP contribution in [0.15, 0.2) is 65.7 Å².